The van der Waals surface area contributed by atoms with Gasteiger partial charge in [0.1, 0.15) is 5.76 Å². The Morgan fingerprint density at radius 1 is 0.957 bits per heavy atom. The van der Waals surface area contributed by atoms with Crippen LogP contribution < -0.4 is 0 Å². The molecule has 120 valence electrons. The molecule has 6 heteroatoms. The maximum atomic E-state index is 12.5. The molecule has 0 atom stereocenters. The molecule has 23 heavy (non-hydrogen) atoms. The highest BCUT2D eigenvalue weighted by Gasteiger charge is 2.27. The van der Waals surface area contributed by atoms with Crippen LogP contribution in [0.5, 0.6) is 0 Å². The molecular formula is C17H17ClN2O3. The van der Waals surface area contributed by atoms with Crippen molar-refractivity contribution >= 4 is 23.4 Å². The molecule has 1 aromatic carbocycles. The molecule has 2 amide bonds. The summed E-state index contributed by atoms with van der Waals surface area (Å²) in [5.41, 5.74) is 1.08. The zero-order valence-corrected chi connectivity index (χ0v) is 13.5. The fourth-order valence-electron chi connectivity index (χ4n) is 2.69. The number of furan rings is 1. The monoisotopic (exact) mass is 332 g/mol. The van der Waals surface area contributed by atoms with Gasteiger partial charge in [-0.2, -0.15) is 0 Å². The van der Waals surface area contributed by atoms with Crippen LogP contribution >= 0.6 is 11.6 Å². The molecular weight excluding hydrogens is 316 g/mol. The standard InChI is InChI=1S/C17H17ClN2O3/c1-12-13(6-11-23-12)16(21)19-7-9-20(10-8-19)17(22)14-4-2-3-5-15(14)18/h2-6,11H,7-10H2,1H3. The molecule has 0 unspecified atom stereocenters. The predicted octanol–water partition coefficient (Wildman–Crippen LogP) is 2.84. The molecule has 0 spiro atoms. The molecule has 0 radical (unpaired) electrons. The van der Waals surface area contributed by atoms with Crippen molar-refractivity contribution in [3.05, 3.63) is 58.5 Å². The van der Waals surface area contributed by atoms with E-state index in [1.165, 1.54) is 6.26 Å². The average Bonchev–Trinajstić information content (AvgIpc) is 3.00. The van der Waals surface area contributed by atoms with Crippen molar-refractivity contribution in [2.45, 2.75) is 6.92 Å². The number of piperazine rings is 1. The van der Waals surface area contributed by atoms with Gasteiger partial charge in [-0.3, -0.25) is 9.59 Å². The molecule has 5 nitrogen and oxygen atoms in total. The van der Waals surface area contributed by atoms with Crippen LogP contribution in [0.4, 0.5) is 0 Å². The first-order chi connectivity index (χ1) is 11.1. The van der Waals surface area contributed by atoms with Crippen LogP contribution in [-0.2, 0) is 0 Å². The maximum Gasteiger partial charge on any atom is 0.257 e. The molecule has 2 aromatic rings. The van der Waals surface area contributed by atoms with Crippen LogP contribution in [0.1, 0.15) is 26.5 Å². The highest BCUT2D eigenvalue weighted by molar-refractivity contribution is 6.33. The van der Waals surface area contributed by atoms with Gasteiger partial charge in [0.05, 0.1) is 22.4 Å². The molecule has 3 rings (SSSR count). The summed E-state index contributed by atoms with van der Waals surface area (Å²) < 4.78 is 5.18. The molecule has 2 heterocycles. The number of amides is 2. The molecule has 0 N–H and O–H groups in total. The van der Waals surface area contributed by atoms with Crippen molar-refractivity contribution in [3.8, 4) is 0 Å². The minimum Gasteiger partial charge on any atom is -0.469 e. The fourth-order valence-corrected chi connectivity index (χ4v) is 2.91. The van der Waals surface area contributed by atoms with E-state index in [2.05, 4.69) is 0 Å². The number of benzene rings is 1. The second-order valence-corrected chi connectivity index (χ2v) is 5.86. The first-order valence-corrected chi connectivity index (χ1v) is 7.83. The number of halogens is 1. The van der Waals surface area contributed by atoms with E-state index in [1.54, 1.807) is 47.1 Å². The molecule has 1 aliphatic heterocycles. The van der Waals surface area contributed by atoms with E-state index in [-0.39, 0.29) is 11.8 Å². The lowest BCUT2D eigenvalue weighted by Crippen LogP contribution is -2.50. The van der Waals surface area contributed by atoms with Gasteiger partial charge in [0.15, 0.2) is 0 Å². The number of nitrogens with zero attached hydrogens (tertiary/aromatic N) is 2. The van der Waals surface area contributed by atoms with Crippen LogP contribution in [0, 0.1) is 6.92 Å². The van der Waals surface area contributed by atoms with E-state index < -0.39 is 0 Å². The van der Waals surface area contributed by atoms with E-state index in [0.29, 0.717) is 48.1 Å². The van der Waals surface area contributed by atoms with Crippen molar-refractivity contribution in [2.75, 3.05) is 26.2 Å². The predicted molar refractivity (Wildman–Crippen MR) is 86.7 cm³/mol. The summed E-state index contributed by atoms with van der Waals surface area (Å²) in [4.78, 5) is 28.4. The second-order valence-electron chi connectivity index (χ2n) is 5.45. The van der Waals surface area contributed by atoms with Gasteiger partial charge in [-0.1, -0.05) is 23.7 Å². The lowest BCUT2D eigenvalue weighted by Gasteiger charge is -2.34. The summed E-state index contributed by atoms with van der Waals surface area (Å²) in [7, 11) is 0. The van der Waals surface area contributed by atoms with Crippen molar-refractivity contribution in [1.82, 2.24) is 9.80 Å². The Kier molecular flexibility index (Phi) is 4.39. The molecule has 1 aromatic heterocycles. The van der Waals surface area contributed by atoms with E-state index in [1.807, 2.05) is 0 Å². The van der Waals surface area contributed by atoms with Crippen molar-refractivity contribution in [3.63, 3.8) is 0 Å². The Morgan fingerprint density at radius 3 is 2.04 bits per heavy atom. The molecule has 0 aliphatic carbocycles. The van der Waals surface area contributed by atoms with Crippen molar-refractivity contribution in [1.29, 1.82) is 0 Å². The largest absolute Gasteiger partial charge is 0.469 e. The van der Waals surface area contributed by atoms with Crippen LogP contribution in [-0.4, -0.2) is 47.8 Å². The summed E-state index contributed by atoms with van der Waals surface area (Å²) in [6.07, 6.45) is 1.51. The van der Waals surface area contributed by atoms with Gasteiger partial charge in [0, 0.05) is 26.2 Å². The number of carbonyl (C=O) groups is 2. The van der Waals surface area contributed by atoms with Crippen LogP contribution in [0.2, 0.25) is 5.02 Å². The van der Waals surface area contributed by atoms with E-state index in [0.717, 1.165) is 0 Å². The molecule has 1 saturated heterocycles. The minimum atomic E-state index is -0.0952. The SMILES string of the molecule is Cc1occc1C(=O)N1CCN(C(=O)c2ccccc2Cl)CC1. The summed E-state index contributed by atoms with van der Waals surface area (Å²) >= 11 is 6.08. The number of hydrogen-bond acceptors (Lipinski definition) is 3. The molecule has 0 bridgehead atoms. The summed E-state index contributed by atoms with van der Waals surface area (Å²) in [6.45, 7) is 3.75. The molecule has 1 aliphatic rings. The fraction of sp³-hybridized carbons (Fsp3) is 0.294. The van der Waals surface area contributed by atoms with Crippen LogP contribution in [0.25, 0.3) is 0 Å². The van der Waals surface area contributed by atoms with Crippen LogP contribution in [0.3, 0.4) is 0 Å². The Morgan fingerprint density at radius 2 is 1.52 bits per heavy atom. The Hall–Kier alpha value is -2.27. The van der Waals surface area contributed by atoms with E-state index in [4.69, 9.17) is 16.0 Å². The van der Waals surface area contributed by atoms with Gasteiger partial charge in [-0.25, -0.2) is 0 Å². The average molecular weight is 333 g/mol. The van der Waals surface area contributed by atoms with Gasteiger partial charge in [-0.05, 0) is 25.1 Å². The third-order valence-electron chi connectivity index (χ3n) is 4.05. The lowest BCUT2D eigenvalue weighted by atomic mass is 10.1. The second kappa shape index (κ2) is 6.46. The Labute approximate surface area is 139 Å². The van der Waals surface area contributed by atoms with Crippen molar-refractivity contribution < 1.29 is 14.0 Å². The van der Waals surface area contributed by atoms with Gasteiger partial charge < -0.3 is 14.2 Å². The van der Waals surface area contributed by atoms with Gasteiger partial charge in [0.25, 0.3) is 11.8 Å². The van der Waals surface area contributed by atoms with Gasteiger partial charge >= 0.3 is 0 Å². The summed E-state index contributed by atoms with van der Waals surface area (Å²) in [5.74, 6) is 0.466. The number of rotatable bonds is 2. The maximum absolute atomic E-state index is 12.5. The van der Waals surface area contributed by atoms with E-state index in [9.17, 15) is 9.59 Å². The first-order valence-electron chi connectivity index (χ1n) is 7.45. The smallest absolute Gasteiger partial charge is 0.257 e. The third-order valence-corrected chi connectivity index (χ3v) is 4.38. The highest BCUT2D eigenvalue weighted by Crippen LogP contribution is 2.19. The van der Waals surface area contributed by atoms with E-state index >= 15 is 0 Å². The summed E-state index contributed by atoms with van der Waals surface area (Å²) in [6, 6.07) is 8.69. The van der Waals surface area contributed by atoms with Crippen molar-refractivity contribution in [2.24, 2.45) is 0 Å². The normalized spacial score (nSPS) is 14.9. The number of hydrogen-bond donors (Lipinski definition) is 0. The molecule has 1 fully saturated rings. The Bertz CT molecular complexity index is 733. The summed E-state index contributed by atoms with van der Waals surface area (Å²) in [5, 5.41) is 0.449. The highest BCUT2D eigenvalue weighted by atomic mass is 35.5. The number of aryl methyl sites for hydroxylation is 1. The lowest BCUT2D eigenvalue weighted by molar-refractivity contribution is 0.0534. The van der Waals surface area contributed by atoms with Gasteiger partial charge in [0.2, 0.25) is 0 Å². The van der Waals surface area contributed by atoms with Gasteiger partial charge in [-0.15, -0.1) is 0 Å². The van der Waals surface area contributed by atoms with Crippen LogP contribution in [0.15, 0.2) is 41.0 Å². The number of carbonyl (C=O) groups excluding carboxylic acids is 2. The first kappa shape index (κ1) is 15.6. The minimum absolute atomic E-state index is 0.0545. The Balaban J connectivity index is 1.65. The topological polar surface area (TPSA) is 53.8 Å². The zero-order chi connectivity index (χ0) is 16.4. The third kappa shape index (κ3) is 3.10. The quantitative estimate of drug-likeness (QED) is 0.849. The zero-order valence-electron chi connectivity index (χ0n) is 12.8. The molecule has 0 saturated carbocycles.